The standard InChI is InChI=1S/C20H27N3O3S/c1-6-13(2)18(19(25)26-5)22-17(24)12-27-20-21-9-10-23(20)16-8-7-14(3)15(4)11-16/h7-11,13,18H,6,12H2,1-5H3,(H,22,24)/t13-,18-/m1/s1. The van der Waals surface area contributed by atoms with E-state index in [4.69, 9.17) is 4.74 Å². The molecule has 0 bridgehead atoms. The van der Waals surface area contributed by atoms with Gasteiger partial charge in [-0.3, -0.25) is 9.36 Å². The van der Waals surface area contributed by atoms with Crippen molar-refractivity contribution in [2.24, 2.45) is 5.92 Å². The molecule has 2 atom stereocenters. The van der Waals surface area contributed by atoms with Crippen LogP contribution in [0, 0.1) is 19.8 Å². The Morgan fingerprint density at radius 2 is 2.04 bits per heavy atom. The van der Waals surface area contributed by atoms with Crippen molar-refractivity contribution in [1.82, 2.24) is 14.9 Å². The van der Waals surface area contributed by atoms with E-state index >= 15 is 0 Å². The summed E-state index contributed by atoms with van der Waals surface area (Å²) >= 11 is 1.34. The van der Waals surface area contributed by atoms with E-state index < -0.39 is 12.0 Å². The van der Waals surface area contributed by atoms with Crippen molar-refractivity contribution in [3.8, 4) is 5.69 Å². The van der Waals surface area contributed by atoms with E-state index in [-0.39, 0.29) is 17.6 Å². The number of aryl methyl sites for hydroxylation is 2. The highest BCUT2D eigenvalue weighted by atomic mass is 32.2. The zero-order chi connectivity index (χ0) is 20.0. The minimum Gasteiger partial charge on any atom is -0.467 e. The van der Waals surface area contributed by atoms with Crippen LogP contribution in [-0.4, -0.2) is 40.3 Å². The van der Waals surface area contributed by atoms with Gasteiger partial charge in [0.05, 0.1) is 12.9 Å². The van der Waals surface area contributed by atoms with Crippen molar-refractivity contribution in [2.75, 3.05) is 12.9 Å². The molecular formula is C20H27N3O3S. The number of hydrogen-bond donors (Lipinski definition) is 1. The summed E-state index contributed by atoms with van der Waals surface area (Å²) in [4.78, 5) is 28.6. The molecule has 2 rings (SSSR count). The summed E-state index contributed by atoms with van der Waals surface area (Å²) in [5.74, 6) is -0.459. The number of methoxy groups -OCH3 is 1. The Balaban J connectivity index is 2.04. The predicted molar refractivity (Wildman–Crippen MR) is 107 cm³/mol. The number of nitrogens with zero attached hydrogens (tertiary/aromatic N) is 2. The third-order valence-corrected chi connectivity index (χ3v) is 5.66. The number of ether oxygens (including phenoxy) is 1. The largest absolute Gasteiger partial charge is 0.467 e. The molecule has 0 saturated carbocycles. The van der Waals surface area contributed by atoms with Crippen molar-refractivity contribution >= 4 is 23.6 Å². The molecule has 6 nitrogen and oxygen atoms in total. The average molecular weight is 390 g/mol. The number of rotatable bonds is 8. The fraction of sp³-hybridized carbons (Fsp3) is 0.450. The second kappa shape index (κ2) is 9.60. The number of thioether (sulfide) groups is 1. The van der Waals surface area contributed by atoms with E-state index in [0.29, 0.717) is 0 Å². The van der Waals surface area contributed by atoms with E-state index in [1.807, 2.05) is 30.7 Å². The van der Waals surface area contributed by atoms with Gasteiger partial charge in [0.1, 0.15) is 6.04 Å². The number of hydrogen-bond acceptors (Lipinski definition) is 5. The number of nitrogens with one attached hydrogen (secondary N) is 1. The Labute approximate surface area is 164 Å². The Morgan fingerprint density at radius 3 is 2.67 bits per heavy atom. The molecule has 146 valence electrons. The second-order valence-corrected chi connectivity index (χ2v) is 7.53. The molecule has 0 fully saturated rings. The first-order valence-electron chi connectivity index (χ1n) is 8.98. The number of carbonyl (C=O) groups is 2. The van der Waals surface area contributed by atoms with E-state index in [9.17, 15) is 9.59 Å². The first-order chi connectivity index (χ1) is 12.9. The Bertz CT molecular complexity index is 804. The molecule has 0 spiro atoms. The van der Waals surface area contributed by atoms with Crippen LogP contribution in [0.4, 0.5) is 0 Å². The third-order valence-electron chi connectivity index (χ3n) is 4.69. The Hall–Kier alpha value is -2.28. The lowest BCUT2D eigenvalue weighted by molar-refractivity contribution is -0.146. The van der Waals surface area contributed by atoms with Crippen LogP contribution >= 0.6 is 11.8 Å². The summed E-state index contributed by atoms with van der Waals surface area (Å²) in [6.07, 6.45) is 4.36. The lowest BCUT2D eigenvalue weighted by atomic mass is 9.99. The number of benzene rings is 1. The fourth-order valence-electron chi connectivity index (χ4n) is 2.61. The summed E-state index contributed by atoms with van der Waals surface area (Å²) < 4.78 is 6.76. The highest BCUT2D eigenvalue weighted by molar-refractivity contribution is 7.99. The van der Waals surface area contributed by atoms with Gasteiger partial charge in [-0.1, -0.05) is 38.1 Å². The SMILES string of the molecule is CC[C@@H](C)[C@@H](NC(=O)CSc1nccn1-c1ccc(C)c(C)c1)C(=O)OC. The molecule has 0 saturated heterocycles. The van der Waals surface area contributed by atoms with Crippen molar-refractivity contribution in [2.45, 2.75) is 45.3 Å². The highest BCUT2D eigenvalue weighted by Crippen LogP contribution is 2.22. The van der Waals surface area contributed by atoms with Gasteiger partial charge in [-0.05, 0) is 43.0 Å². The molecule has 1 aromatic carbocycles. The average Bonchev–Trinajstić information content (AvgIpc) is 3.14. The zero-order valence-corrected chi connectivity index (χ0v) is 17.3. The first kappa shape index (κ1) is 21.0. The molecule has 7 heteroatoms. The lowest BCUT2D eigenvalue weighted by Crippen LogP contribution is -2.46. The minimum atomic E-state index is -0.632. The number of esters is 1. The maximum absolute atomic E-state index is 12.4. The Morgan fingerprint density at radius 1 is 1.30 bits per heavy atom. The van der Waals surface area contributed by atoms with Crippen LogP contribution < -0.4 is 5.32 Å². The van der Waals surface area contributed by atoms with Crippen molar-refractivity contribution in [1.29, 1.82) is 0 Å². The van der Waals surface area contributed by atoms with Gasteiger partial charge >= 0.3 is 5.97 Å². The Kier molecular flexibility index (Phi) is 7.47. The van der Waals surface area contributed by atoms with Gasteiger partial charge in [0.2, 0.25) is 5.91 Å². The van der Waals surface area contributed by atoms with Crippen LogP contribution in [0.15, 0.2) is 35.7 Å². The molecule has 2 aromatic rings. The highest BCUT2D eigenvalue weighted by Gasteiger charge is 2.26. The molecule has 0 radical (unpaired) electrons. The summed E-state index contributed by atoms with van der Waals surface area (Å²) in [5.41, 5.74) is 3.43. The number of amides is 1. The summed E-state index contributed by atoms with van der Waals surface area (Å²) in [5, 5.41) is 3.51. The normalized spacial score (nSPS) is 13.1. The van der Waals surface area contributed by atoms with Crippen LogP contribution in [0.2, 0.25) is 0 Å². The van der Waals surface area contributed by atoms with Crippen LogP contribution in [-0.2, 0) is 14.3 Å². The lowest BCUT2D eigenvalue weighted by Gasteiger charge is -2.21. The molecule has 0 aliphatic heterocycles. The molecule has 1 heterocycles. The monoisotopic (exact) mass is 389 g/mol. The number of imidazole rings is 1. The van der Waals surface area contributed by atoms with E-state index in [1.165, 1.54) is 30.0 Å². The van der Waals surface area contributed by atoms with Gasteiger partial charge in [0.15, 0.2) is 5.16 Å². The van der Waals surface area contributed by atoms with Crippen LogP contribution in [0.3, 0.4) is 0 Å². The van der Waals surface area contributed by atoms with Gasteiger partial charge < -0.3 is 10.1 Å². The topological polar surface area (TPSA) is 73.2 Å². The quantitative estimate of drug-likeness (QED) is 0.554. The third kappa shape index (κ3) is 5.35. The van der Waals surface area contributed by atoms with Crippen molar-refractivity contribution < 1.29 is 14.3 Å². The van der Waals surface area contributed by atoms with Crippen LogP contribution in [0.5, 0.6) is 0 Å². The van der Waals surface area contributed by atoms with E-state index in [2.05, 4.69) is 36.3 Å². The van der Waals surface area contributed by atoms with Gasteiger partial charge in [0.25, 0.3) is 0 Å². The van der Waals surface area contributed by atoms with Crippen LogP contribution in [0.25, 0.3) is 5.69 Å². The van der Waals surface area contributed by atoms with Crippen molar-refractivity contribution in [3.63, 3.8) is 0 Å². The summed E-state index contributed by atoms with van der Waals surface area (Å²) in [7, 11) is 1.33. The first-order valence-corrected chi connectivity index (χ1v) is 9.96. The number of aromatic nitrogens is 2. The molecule has 0 unspecified atom stereocenters. The molecule has 0 aliphatic rings. The molecule has 27 heavy (non-hydrogen) atoms. The maximum Gasteiger partial charge on any atom is 0.328 e. The maximum atomic E-state index is 12.4. The molecule has 1 amide bonds. The number of carbonyl (C=O) groups excluding carboxylic acids is 2. The molecule has 0 aliphatic carbocycles. The predicted octanol–water partition coefficient (Wildman–Crippen LogP) is 3.29. The smallest absolute Gasteiger partial charge is 0.328 e. The van der Waals surface area contributed by atoms with Crippen molar-refractivity contribution in [3.05, 3.63) is 41.7 Å². The van der Waals surface area contributed by atoms with Gasteiger partial charge in [-0.2, -0.15) is 0 Å². The molecule has 1 aromatic heterocycles. The van der Waals surface area contributed by atoms with Crippen LogP contribution in [0.1, 0.15) is 31.4 Å². The van der Waals surface area contributed by atoms with Gasteiger partial charge in [-0.15, -0.1) is 0 Å². The second-order valence-electron chi connectivity index (χ2n) is 6.59. The fourth-order valence-corrected chi connectivity index (χ4v) is 3.39. The zero-order valence-electron chi connectivity index (χ0n) is 16.5. The molecule has 1 N–H and O–H groups in total. The minimum absolute atomic E-state index is 0.00363. The summed E-state index contributed by atoms with van der Waals surface area (Å²) in [6, 6.07) is 5.56. The van der Waals surface area contributed by atoms with E-state index in [0.717, 1.165) is 17.3 Å². The van der Waals surface area contributed by atoms with Gasteiger partial charge in [0, 0.05) is 18.1 Å². The molecular weight excluding hydrogens is 362 g/mol. The van der Waals surface area contributed by atoms with E-state index in [1.54, 1.807) is 6.20 Å². The summed E-state index contributed by atoms with van der Waals surface area (Å²) in [6.45, 7) is 8.03. The van der Waals surface area contributed by atoms with Gasteiger partial charge in [-0.25, -0.2) is 9.78 Å².